The minimum absolute atomic E-state index is 0.476. The zero-order valence-electron chi connectivity index (χ0n) is 10.8. The van der Waals surface area contributed by atoms with E-state index in [1.165, 1.54) is 0 Å². The Morgan fingerprint density at radius 3 is 3.11 bits per heavy atom. The molecule has 0 amide bonds. The van der Waals surface area contributed by atoms with E-state index < -0.39 is 0 Å². The summed E-state index contributed by atoms with van der Waals surface area (Å²) in [5, 5.41) is 10.2. The number of furan rings is 1. The lowest BCUT2D eigenvalue weighted by atomic mass is 10.2. The lowest BCUT2D eigenvalue weighted by molar-refractivity contribution is 0.289. The number of aromatic amines is 1. The zero-order chi connectivity index (χ0) is 12.8. The molecule has 2 heterocycles. The van der Waals surface area contributed by atoms with Crippen molar-refractivity contribution < 1.29 is 9.15 Å². The number of nitrogens with zero attached hydrogens (tertiary/aromatic N) is 1. The summed E-state index contributed by atoms with van der Waals surface area (Å²) in [5.41, 5.74) is 2.04. The van der Waals surface area contributed by atoms with Crippen LogP contribution >= 0.6 is 0 Å². The average Bonchev–Trinajstić information content (AvgIpc) is 2.96. The van der Waals surface area contributed by atoms with E-state index in [0.717, 1.165) is 36.5 Å². The van der Waals surface area contributed by atoms with Crippen molar-refractivity contribution in [3.8, 4) is 5.88 Å². The maximum absolute atomic E-state index is 5.59. The van der Waals surface area contributed by atoms with E-state index in [1.807, 2.05) is 19.1 Å². The van der Waals surface area contributed by atoms with Crippen molar-refractivity contribution in [1.29, 1.82) is 0 Å². The van der Waals surface area contributed by atoms with E-state index >= 15 is 0 Å². The molecule has 2 aromatic rings. The molecule has 2 N–H and O–H groups in total. The number of hydrogen-bond donors (Lipinski definition) is 2. The Morgan fingerprint density at radius 2 is 2.39 bits per heavy atom. The molecule has 5 nitrogen and oxygen atoms in total. The van der Waals surface area contributed by atoms with Gasteiger partial charge in [0.25, 0.3) is 0 Å². The van der Waals surface area contributed by atoms with E-state index in [-0.39, 0.29) is 0 Å². The molecule has 0 bridgehead atoms. The quantitative estimate of drug-likeness (QED) is 0.740. The minimum atomic E-state index is 0.476. The van der Waals surface area contributed by atoms with Crippen LogP contribution in [0.1, 0.15) is 30.4 Å². The zero-order valence-corrected chi connectivity index (χ0v) is 10.8. The predicted octanol–water partition coefficient (Wildman–Crippen LogP) is 2.39. The highest BCUT2D eigenvalue weighted by molar-refractivity contribution is 5.18. The van der Waals surface area contributed by atoms with Gasteiger partial charge >= 0.3 is 0 Å². The van der Waals surface area contributed by atoms with Gasteiger partial charge in [0.1, 0.15) is 12.4 Å². The monoisotopic (exact) mass is 249 g/mol. The highest BCUT2D eigenvalue weighted by Crippen LogP contribution is 2.14. The SMILES string of the molecule is CCCNCc1occc1COc1cc(C)[nH]n1. The van der Waals surface area contributed by atoms with Crippen molar-refractivity contribution in [2.45, 2.75) is 33.4 Å². The molecule has 0 aliphatic carbocycles. The van der Waals surface area contributed by atoms with Gasteiger partial charge in [0.2, 0.25) is 5.88 Å². The number of aryl methyl sites for hydroxylation is 1. The first kappa shape index (κ1) is 12.7. The maximum Gasteiger partial charge on any atom is 0.233 e. The molecule has 2 rings (SSSR count). The number of H-pyrrole nitrogens is 1. The standard InChI is InChI=1S/C13H19N3O2/c1-3-5-14-8-12-11(4-6-17-12)9-18-13-7-10(2)15-16-13/h4,6-7,14H,3,5,8-9H2,1-2H3,(H,15,16). The topological polar surface area (TPSA) is 63.1 Å². The molecule has 0 atom stereocenters. The fourth-order valence-corrected chi connectivity index (χ4v) is 1.65. The summed E-state index contributed by atoms with van der Waals surface area (Å²) in [5.74, 6) is 1.54. The van der Waals surface area contributed by atoms with Crippen molar-refractivity contribution in [3.63, 3.8) is 0 Å². The first-order chi connectivity index (χ1) is 8.79. The molecule has 0 saturated heterocycles. The molecular formula is C13H19N3O2. The fraction of sp³-hybridized carbons (Fsp3) is 0.462. The average molecular weight is 249 g/mol. The largest absolute Gasteiger partial charge is 0.472 e. The van der Waals surface area contributed by atoms with Crippen LogP contribution in [0.3, 0.4) is 0 Å². The van der Waals surface area contributed by atoms with Crippen molar-refractivity contribution >= 4 is 0 Å². The van der Waals surface area contributed by atoms with Crippen molar-refractivity contribution in [1.82, 2.24) is 15.5 Å². The summed E-state index contributed by atoms with van der Waals surface area (Å²) in [4.78, 5) is 0. The van der Waals surface area contributed by atoms with Crippen LogP contribution in [0, 0.1) is 6.92 Å². The molecule has 0 spiro atoms. The van der Waals surface area contributed by atoms with Crippen molar-refractivity contribution in [3.05, 3.63) is 35.4 Å². The minimum Gasteiger partial charge on any atom is -0.472 e. The third kappa shape index (κ3) is 3.37. The fourth-order valence-electron chi connectivity index (χ4n) is 1.65. The molecule has 18 heavy (non-hydrogen) atoms. The molecule has 0 aliphatic heterocycles. The van der Waals surface area contributed by atoms with E-state index in [2.05, 4.69) is 22.4 Å². The van der Waals surface area contributed by atoms with Crippen LogP contribution in [0.25, 0.3) is 0 Å². The van der Waals surface area contributed by atoms with E-state index in [1.54, 1.807) is 6.26 Å². The first-order valence-corrected chi connectivity index (χ1v) is 6.20. The van der Waals surface area contributed by atoms with Gasteiger partial charge in [-0.2, -0.15) is 0 Å². The van der Waals surface area contributed by atoms with E-state index in [0.29, 0.717) is 12.5 Å². The van der Waals surface area contributed by atoms with Gasteiger partial charge in [-0.25, -0.2) is 0 Å². The highest BCUT2D eigenvalue weighted by atomic mass is 16.5. The van der Waals surface area contributed by atoms with Crippen LogP contribution in [-0.4, -0.2) is 16.7 Å². The van der Waals surface area contributed by atoms with E-state index in [4.69, 9.17) is 9.15 Å². The summed E-state index contributed by atoms with van der Waals surface area (Å²) >= 11 is 0. The third-order valence-electron chi connectivity index (χ3n) is 2.61. The molecule has 0 unspecified atom stereocenters. The first-order valence-electron chi connectivity index (χ1n) is 6.20. The summed E-state index contributed by atoms with van der Waals surface area (Å²) < 4.78 is 11.0. The van der Waals surface area contributed by atoms with Crippen molar-refractivity contribution in [2.75, 3.05) is 6.54 Å². The second-order valence-electron chi connectivity index (χ2n) is 4.22. The third-order valence-corrected chi connectivity index (χ3v) is 2.61. The van der Waals surface area contributed by atoms with Gasteiger partial charge in [-0.3, -0.25) is 5.10 Å². The predicted molar refractivity (Wildman–Crippen MR) is 68.4 cm³/mol. The van der Waals surface area contributed by atoms with Gasteiger partial charge in [-0.1, -0.05) is 6.92 Å². The highest BCUT2D eigenvalue weighted by Gasteiger charge is 2.07. The Balaban J connectivity index is 1.87. The van der Waals surface area contributed by atoms with Crippen LogP contribution in [0.4, 0.5) is 0 Å². The number of hydrogen-bond acceptors (Lipinski definition) is 4. The number of aromatic nitrogens is 2. The lowest BCUT2D eigenvalue weighted by Gasteiger charge is -2.04. The number of ether oxygens (including phenoxy) is 1. The molecular weight excluding hydrogens is 230 g/mol. The van der Waals surface area contributed by atoms with Crippen LogP contribution in [0.15, 0.2) is 22.8 Å². The van der Waals surface area contributed by atoms with Crippen LogP contribution < -0.4 is 10.1 Å². The molecule has 0 aliphatic rings. The molecule has 0 saturated carbocycles. The van der Waals surface area contributed by atoms with E-state index in [9.17, 15) is 0 Å². The van der Waals surface area contributed by atoms with Gasteiger partial charge < -0.3 is 14.5 Å². The molecule has 5 heteroatoms. The Labute approximate surface area is 107 Å². The van der Waals surface area contributed by atoms with Gasteiger partial charge in [-0.05, 0) is 26.0 Å². The molecule has 98 valence electrons. The molecule has 0 fully saturated rings. The van der Waals surface area contributed by atoms with Crippen LogP contribution in [0.5, 0.6) is 5.88 Å². The van der Waals surface area contributed by atoms with Crippen molar-refractivity contribution in [2.24, 2.45) is 0 Å². The molecule has 0 radical (unpaired) electrons. The Kier molecular flexibility index (Phi) is 4.41. The van der Waals surface area contributed by atoms with Gasteiger partial charge in [-0.15, -0.1) is 5.10 Å². The summed E-state index contributed by atoms with van der Waals surface area (Å²) in [7, 11) is 0. The molecule has 0 aromatic carbocycles. The van der Waals surface area contributed by atoms with Crippen LogP contribution in [-0.2, 0) is 13.2 Å². The summed E-state index contributed by atoms with van der Waals surface area (Å²) in [6, 6.07) is 3.80. The second kappa shape index (κ2) is 6.26. The number of rotatable bonds is 7. The van der Waals surface area contributed by atoms with Gasteiger partial charge in [0.15, 0.2) is 0 Å². The van der Waals surface area contributed by atoms with Gasteiger partial charge in [0, 0.05) is 17.3 Å². The van der Waals surface area contributed by atoms with Crippen LogP contribution in [0.2, 0.25) is 0 Å². The molecule has 2 aromatic heterocycles. The summed E-state index contributed by atoms with van der Waals surface area (Å²) in [6.45, 7) is 6.28. The Morgan fingerprint density at radius 1 is 1.50 bits per heavy atom. The Bertz CT molecular complexity index is 476. The van der Waals surface area contributed by atoms with Gasteiger partial charge in [0.05, 0.1) is 12.8 Å². The lowest BCUT2D eigenvalue weighted by Crippen LogP contribution is -2.14. The smallest absolute Gasteiger partial charge is 0.233 e. The Hall–Kier alpha value is -1.75. The number of nitrogens with one attached hydrogen (secondary N) is 2. The normalized spacial score (nSPS) is 10.8. The summed E-state index contributed by atoms with van der Waals surface area (Å²) in [6.07, 6.45) is 2.80. The second-order valence-corrected chi connectivity index (χ2v) is 4.22. The maximum atomic E-state index is 5.59.